The van der Waals surface area contributed by atoms with Crippen molar-refractivity contribution < 1.29 is 17.8 Å². The summed E-state index contributed by atoms with van der Waals surface area (Å²) in [4.78, 5) is 25.4. The zero-order valence-corrected chi connectivity index (χ0v) is 44.5. The first-order valence-electron chi connectivity index (χ1n) is 19.5. The zero-order valence-electron chi connectivity index (χ0n) is 35.2. The SMILES string of the molecule is CCCSC(=S)SC(C)(C)C(=O)CCCC[SiH2]O[Si](C)(C)CCCCC(=O)C(C)(C)SC(=S)SCCC.C[Si](C)(CCCN)O[Si](C)(C)CCCN. The van der Waals surface area contributed by atoms with Gasteiger partial charge < -0.3 is 19.7 Å². The molecule has 0 fully saturated rings. The molecule has 0 heterocycles. The number of nitrogens with two attached hydrogens (primary N) is 2. The normalized spacial score (nSPS) is 13.0. The molecule has 0 aromatic heterocycles. The van der Waals surface area contributed by atoms with Gasteiger partial charge in [-0.05, 0) is 154 Å². The minimum Gasteiger partial charge on any atom is -0.460 e. The van der Waals surface area contributed by atoms with Crippen molar-refractivity contribution in [1.82, 2.24) is 0 Å². The Kier molecular flexibility index (Phi) is 31.9. The second-order valence-corrected chi connectivity index (χ2v) is 39.3. The summed E-state index contributed by atoms with van der Waals surface area (Å²) in [7, 11) is -5.17. The molecule has 0 atom stereocenters. The maximum absolute atomic E-state index is 12.7. The van der Waals surface area contributed by atoms with Crippen LogP contribution < -0.4 is 11.5 Å². The van der Waals surface area contributed by atoms with Crippen LogP contribution in [0.25, 0.3) is 0 Å². The number of ketones is 2. The number of unbranched alkanes of at least 4 members (excludes halogenated alkanes) is 2. The van der Waals surface area contributed by atoms with Gasteiger partial charge in [0.15, 0.2) is 25.0 Å². The van der Waals surface area contributed by atoms with E-state index in [1.807, 2.05) is 27.7 Å². The summed E-state index contributed by atoms with van der Waals surface area (Å²) in [5.74, 6) is 2.63. The van der Waals surface area contributed by atoms with E-state index in [0.717, 1.165) is 95.1 Å². The summed E-state index contributed by atoms with van der Waals surface area (Å²) in [5.41, 5.74) is 11.1. The topological polar surface area (TPSA) is 105 Å². The number of carbonyl (C=O) groups excluding carboxylic acids is 2. The maximum atomic E-state index is 12.7. The van der Waals surface area contributed by atoms with Crippen LogP contribution in [0.3, 0.4) is 0 Å². The summed E-state index contributed by atoms with van der Waals surface area (Å²) in [6.45, 7) is 27.7. The Morgan fingerprint density at radius 1 is 0.635 bits per heavy atom. The summed E-state index contributed by atoms with van der Waals surface area (Å²) < 4.78 is 13.7. The van der Waals surface area contributed by atoms with Crippen LogP contribution in [0.5, 0.6) is 0 Å². The minimum atomic E-state index is -1.67. The quantitative estimate of drug-likeness (QED) is 0.0444. The Morgan fingerprint density at radius 3 is 1.40 bits per heavy atom. The maximum Gasteiger partial charge on any atom is 0.173 e. The molecular weight excluding hydrogens is 829 g/mol. The third kappa shape index (κ3) is 30.7. The molecule has 0 saturated carbocycles. The van der Waals surface area contributed by atoms with E-state index in [-0.39, 0.29) is 0 Å². The molecule has 0 amide bonds. The van der Waals surface area contributed by atoms with Crippen LogP contribution in [-0.2, 0) is 17.8 Å². The lowest BCUT2D eigenvalue weighted by molar-refractivity contribution is -0.121. The first kappa shape index (κ1) is 55.7. The molecular formula is C36H78N2O4S6Si4. The van der Waals surface area contributed by atoms with E-state index in [0.29, 0.717) is 24.4 Å². The predicted molar refractivity (Wildman–Crippen MR) is 261 cm³/mol. The van der Waals surface area contributed by atoms with Crippen LogP contribution in [0.15, 0.2) is 0 Å². The highest BCUT2D eigenvalue weighted by Gasteiger charge is 2.33. The summed E-state index contributed by atoms with van der Waals surface area (Å²) in [5, 5.41) is 0. The largest absolute Gasteiger partial charge is 0.460 e. The molecule has 0 radical (unpaired) electrons. The zero-order chi connectivity index (χ0) is 40.5. The molecule has 0 aliphatic heterocycles. The molecule has 0 bridgehead atoms. The highest BCUT2D eigenvalue weighted by Crippen LogP contribution is 2.34. The summed E-state index contributed by atoms with van der Waals surface area (Å²) in [6, 6.07) is 4.60. The lowest BCUT2D eigenvalue weighted by Crippen LogP contribution is -2.44. The number of hydrogen-bond donors (Lipinski definition) is 2. The Morgan fingerprint density at radius 2 is 1.02 bits per heavy atom. The number of hydrogen-bond acceptors (Lipinski definition) is 12. The molecule has 52 heavy (non-hydrogen) atoms. The van der Waals surface area contributed by atoms with Crippen molar-refractivity contribution >= 4 is 125 Å². The van der Waals surface area contributed by atoms with Crippen molar-refractivity contribution in [2.24, 2.45) is 11.5 Å². The van der Waals surface area contributed by atoms with E-state index in [1.54, 1.807) is 47.0 Å². The second kappa shape index (κ2) is 29.8. The first-order chi connectivity index (χ1) is 24.0. The van der Waals surface area contributed by atoms with Crippen molar-refractivity contribution in [2.75, 3.05) is 24.6 Å². The monoisotopic (exact) mass is 906 g/mol. The molecule has 0 aliphatic carbocycles. The third-order valence-corrected chi connectivity index (χ3v) is 28.1. The van der Waals surface area contributed by atoms with Gasteiger partial charge in [-0.25, -0.2) is 0 Å². The van der Waals surface area contributed by atoms with Gasteiger partial charge in [-0.15, -0.1) is 23.5 Å². The van der Waals surface area contributed by atoms with Crippen molar-refractivity contribution in [2.45, 2.75) is 179 Å². The second-order valence-electron chi connectivity index (χ2n) is 16.3. The molecule has 0 rings (SSSR count). The molecule has 0 spiro atoms. The number of thioether (sulfide) groups is 4. The summed E-state index contributed by atoms with van der Waals surface area (Å²) in [6.07, 6.45) is 9.61. The van der Waals surface area contributed by atoms with Gasteiger partial charge >= 0.3 is 0 Å². The van der Waals surface area contributed by atoms with Gasteiger partial charge in [0.2, 0.25) is 0 Å². The van der Waals surface area contributed by atoms with E-state index in [9.17, 15) is 9.59 Å². The molecule has 16 heteroatoms. The molecule has 4 N–H and O–H groups in total. The minimum absolute atomic E-state index is 0.296. The Bertz CT molecular complexity index is 1020. The van der Waals surface area contributed by atoms with Crippen LogP contribution in [0, 0.1) is 0 Å². The smallest absolute Gasteiger partial charge is 0.173 e. The van der Waals surface area contributed by atoms with Crippen molar-refractivity contribution in [3.05, 3.63) is 0 Å². The molecule has 0 unspecified atom stereocenters. The number of carbonyl (C=O) groups is 2. The van der Waals surface area contributed by atoms with Gasteiger partial charge in [-0.2, -0.15) is 0 Å². The molecule has 0 aliphatic rings. The van der Waals surface area contributed by atoms with Crippen LogP contribution in [0.4, 0.5) is 0 Å². The van der Waals surface area contributed by atoms with Gasteiger partial charge in [0.05, 0.1) is 9.49 Å². The van der Waals surface area contributed by atoms with Crippen LogP contribution in [-0.4, -0.2) is 87.4 Å². The lowest BCUT2D eigenvalue weighted by atomic mass is 10.0. The molecule has 0 saturated heterocycles. The Balaban J connectivity index is 0. The fraction of sp³-hybridized carbons (Fsp3) is 0.889. The molecule has 308 valence electrons. The average Bonchev–Trinajstić information content (AvgIpc) is 3.03. The number of rotatable bonds is 28. The van der Waals surface area contributed by atoms with E-state index >= 15 is 0 Å². The number of Topliss-reactive ketones (excluding diaryl/α,β-unsaturated/α-hetero) is 2. The lowest BCUT2D eigenvalue weighted by Gasteiger charge is -2.34. The van der Waals surface area contributed by atoms with E-state index < -0.39 is 44.2 Å². The van der Waals surface area contributed by atoms with Gasteiger partial charge in [-0.3, -0.25) is 9.59 Å². The molecule has 0 aromatic rings. The van der Waals surface area contributed by atoms with Crippen LogP contribution >= 0.6 is 71.5 Å². The molecule has 0 aromatic carbocycles. The van der Waals surface area contributed by atoms with E-state index in [4.69, 9.17) is 44.1 Å². The number of thiocarbonyl (C=S) groups is 2. The third-order valence-electron chi connectivity index (χ3n) is 8.36. The van der Waals surface area contributed by atoms with Crippen molar-refractivity contribution in [3.63, 3.8) is 0 Å². The highest BCUT2D eigenvalue weighted by atomic mass is 32.2. The van der Waals surface area contributed by atoms with Gasteiger partial charge in [0.25, 0.3) is 0 Å². The van der Waals surface area contributed by atoms with Crippen LogP contribution in [0.2, 0.25) is 63.5 Å². The van der Waals surface area contributed by atoms with Crippen LogP contribution in [0.1, 0.15) is 106 Å². The van der Waals surface area contributed by atoms with E-state index in [1.165, 1.54) is 12.1 Å². The van der Waals surface area contributed by atoms with E-state index in [2.05, 4.69) is 53.1 Å². The Hall–Kier alpha value is 1.63. The highest BCUT2D eigenvalue weighted by molar-refractivity contribution is 8.48. The first-order valence-corrected chi connectivity index (χ1v) is 34.9. The summed E-state index contributed by atoms with van der Waals surface area (Å²) >= 11 is 17.3. The van der Waals surface area contributed by atoms with Crippen molar-refractivity contribution in [3.8, 4) is 0 Å². The van der Waals surface area contributed by atoms with Gasteiger partial charge in [0, 0.05) is 12.8 Å². The predicted octanol–water partition coefficient (Wildman–Crippen LogP) is 11.2. The van der Waals surface area contributed by atoms with Gasteiger partial charge in [0.1, 0.15) is 28.4 Å². The fourth-order valence-corrected chi connectivity index (χ4v) is 25.2. The standard InChI is InChI=1S/C26H50O3S6Si2.C10H28N2OSi2/c1-9-17-32-23(30)34-25(3,4)21(27)15-11-13-19-36-29-37(7,8)20-14-12-16-22(28)26(5,6)35-24(31)33-18-10-2;1-14(2,9-5-7-11)13-15(3,4)10-6-8-12/h9-20,36H2,1-8H3;5-12H2,1-4H3. The average molecular weight is 908 g/mol. The van der Waals surface area contributed by atoms with Crippen molar-refractivity contribution in [1.29, 1.82) is 0 Å². The van der Waals surface area contributed by atoms with Gasteiger partial charge in [-0.1, -0.05) is 74.6 Å². The Labute approximate surface area is 354 Å². The fourth-order valence-electron chi connectivity index (χ4n) is 5.29. The molecule has 6 nitrogen and oxygen atoms in total.